The Labute approximate surface area is 219 Å². The van der Waals surface area contributed by atoms with E-state index in [0.717, 1.165) is 40.8 Å². The summed E-state index contributed by atoms with van der Waals surface area (Å²) in [5.74, 6) is -0.587. The Morgan fingerprint density at radius 3 is 2.27 bits per heavy atom. The summed E-state index contributed by atoms with van der Waals surface area (Å²) < 4.78 is 33.1. The molecule has 2 bridgehead atoms. The summed E-state index contributed by atoms with van der Waals surface area (Å²) in [6, 6.07) is 18.9. The first-order valence-corrected chi connectivity index (χ1v) is 13.4. The van der Waals surface area contributed by atoms with Crippen LogP contribution in [0.15, 0.2) is 71.6 Å². The van der Waals surface area contributed by atoms with Crippen molar-refractivity contribution >= 4 is 29.3 Å². The summed E-state index contributed by atoms with van der Waals surface area (Å²) in [4.78, 5) is 27.6. The number of nitrogens with one attached hydrogen (secondary N) is 1. The highest BCUT2D eigenvalue weighted by Crippen LogP contribution is 2.38. The molecule has 3 aromatic carbocycles. The largest absolute Gasteiger partial charge is 0.487 e. The van der Waals surface area contributed by atoms with Crippen molar-refractivity contribution in [2.24, 2.45) is 0 Å². The first-order chi connectivity index (χ1) is 17.9. The van der Waals surface area contributed by atoms with Crippen molar-refractivity contribution < 1.29 is 23.1 Å². The highest BCUT2D eigenvalue weighted by Gasteiger charge is 2.44. The van der Waals surface area contributed by atoms with Crippen molar-refractivity contribution in [3.63, 3.8) is 0 Å². The number of piperidine rings is 1. The molecule has 2 saturated heterocycles. The van der Waals surface area contributed by atoms with Crippen LogP contribution in [0.3, 0.4) is 0 Å². The molecule has 0 spiro atoms. The SMILES string of the molecule is CC(=O)Nc1ccc(SCc2ccc(C(=O)N3C4CCC3CC(Oc3ccc(F)cc3F)C4)cc2)cc1. The van der Waals surface area contributed by atoms with E-state index in [0.29, 0.717) is 18.4 Å². The van der Waals surface area contributed by atoms with E-state index in [1.807, 2.05) is 53.4 Å². The quantitative estimate of drug-likeness (QED) is 0.363. The molecule has 0 aromatic heterocycles. The minimum atomic E-state index is -0.703. The summed E-state index contributed by atoms with van der Waals surface area (Å²) in [7, 11) is 0. The van der Waals surface area contributed by atoms with Crippen molar-refractivity contribution in [2.45, 2.75) is 61.4 Å². The number of benzene rings is 3. The number of hydrogen-bond donors (Lipinski definition) is 1. The van der Waals surface area contributed by atoms with Crippen molar-refractivity contribution in [1.82, 2.24) is 4.90 Å². The number of carbonyl (C=O) groups is 2. The van der Waals surface area contributed by atoms with E-state index in [2.05, 4.69) is 5.32 Å². The van der Waals surface area contributed by atoms with Gasteiger partial charge in [-0.2, -0.15) is 0 Å². The van der Waals surface area contributed by atoms with E-state index in [4.69, 9.17) is 4.74 Å². The maximum absolute atomic E-state index is 14.0. The normalized spacial score (nSPS) is 20.5. The molecule has 192 valence electrons. The summed E-state index contributed by atoms with van der Waals surface area (Å²) in [6.45, 7) is 1.48. The monoisotopic (exact) mass is 522 g/mol. The number of carbonyl (C=O) groups excluding carboxylic acids is 2. The van der Waals surface area contributed by atoms with Gasteiger partial charge in [0, 0.05) is 59.8 Å². The molecular formula is C29H28F2N2O3S. The van der Waals surface area contributed by atoms with Crippen LogP contribution in [0, 0.1) is 11.6 Å². The van der Waals surface area contributed by atoms with Crippen LogP contribution in [-0.2, 0) is 10.5 Å². The van der Waals surface area contributed by atoms with Crippen molar-refractivity contribution in [3.8, 4) is 5.75 Å². The molecule has 2 amide bonds. The Balaban J connectivity index is 1.17. The van der Waals surface area contributed by atoms with E-state index < -0.39 is 11.6 Å². The molecule has 2 atom stereocenters. The maximum atomic E-state index is 14.0. The highest BCUT2D eigenvalue weighted by molar-refractivity contribution is 7.98. The van der Waals surface area contributed by atoms with Crippen molar-refractivity contribution in [1.29, 1.82) is 0 Å². The number of amides is 2. The zero-order valence-electron chi connectivity index (χ0n) is 20.5. The van der Waals surface area contributed by atoms with Gasteiger partial charge in [-0.05, 0) is 66.9 Å². The lowest BCUT2D eigenvalue weighted by Gasteiger charge is -2.39. The van der Waals surface area contributed by atoms with Gasteiger partial charge in [0.25, 0.3) is 5.91 Å². The Hall–Kier alpha value is -3.39. The lowest BCUT2D eigenvalue weighted by molar-refractivity contribution is -0.114. The van der Waals surface area contributed by atoms with Gasteiger partial charge < -0.3 is 15.0 Å². The van der Waals surface area contributed by atoms with Gasteiger partial charge in [0.1, 0.15) is 11.9 Å². The first kappa shape index (κ1) is 25.3. The average molecular weight is 523 g/mol. The van der Waals surface area contributed by atoms with Gasteiger partial charge >= 0.3 is 0 Å². The minimum absolute atomic E-state index is 0.0201. The van der Waals surface area contributed by atoms with E-state index in [1.54, 1.807) is 11.8 Å². The van der Waals surface area contributed by atoms with Gasteiger partial charge in [-0.3, -0.25) is 9.59 Å². The second-order valence-electron chi connectivity index (χ2n) is 9.57. The van der Waals surface area contributed by atoms with Gasteiger partial charge in [0.2, 0.25) is 5.91 Å². The fourth-order valence-corrected chi connectivity index (χ4v) is 6.06. The number of rotatable bonds is 7. The Kier molecular flexibility index (Phi) is 7.46. The van der Waals surface area contributed by atoms with E-state index in [1.165, 1.54) is 19.1 Å². The van der Waals surface area contributed by atoms with E-state index in [-0.39, 0.29) is 35.8 Å². The molecule has 1 N–H and O–H groups in total. The van der Waals surface area contributed by atoms with Crippen LogP contribution < -0.4 is 10.1 Å². The Bertz CT molecular complexity index is 1270. The van der Waals surface area contributed by atoms with Gasteiger partial charge in [-0.15, -0.1) is 11.8 Å². The van der Waals surface area contributed by atoms with Gasteiger partial charge in [-0.1, -0.05) is 12.1 Å². The third kappa shape index (κ3) is 5.96. The molecular weight excluding hydrogens is 494 g/mol. The predicted molar refractivity (Wildman–Crippen MR) is 140 cm³/mol. The summed E-state index contributed by atoms with van der Waals surface area (Å²) in [6.07, 6.45) is 2.87. The topological polar surface area (TPSA) is 58.6 Å². The predicted octanol–water partition coefficient (Wildman–Crippen LogP) is 6.43. The second kappa shape index (κ2) is 10.9. The average Bonchev–Trinajstić information content (AvgIpc) is 3.14. The molecule has 37 heavy (non-hydrogen) atoms. The smallest absolute Gasteiger partial charge is 0.254 e. The number of ether oxygens (including phenoxy) is 1. The van der Waals surface area contributed by atoms with Crippen LogP contribution in [0.1, 0.15) is 48.5 Å². The fourth-order valence-electron chi connectivity index (χ4n) is 5.20. The number of fused-ring (bicyclic) bond motifs is 2. The van der Waals surface area contributed by atoms with Crippen molar-refractivity contribution in [2.75, 3.05) is 5.32 Å². The molecule has 8 heteroatoms. The number of halogens is 2. The molecule has 0 radical (unpaired) electrons. The molecule has 0 saturated carbocycles. The molecule has 0 aliphatic carbocycles. The van der Waals surface area contributed by atoms with Crippen molar-refractivity contribution in [3.05, 3.63) is 89.5 Å². The van der Waals surface area contributed by atoms with Gasteiger partial charge in [0.05, 0.1) is 0 Å². The molecule has 5 rings (SSSR count). The molecule has 2 fully saturated rings. The maximum Gasteiger partial charge on any atom is 0.254 e. The van der Waals surface area contributed by atoms with Crippen LogP contribution >= 0.6 is 11.8 Å². The van der Waals surface area contributed by atoms with E-state index in [9.17, 15) is 18.4 Å². The summed E-state index contributed by atoms with van der Waals surface area (Å²) in [5.41, 5.74) is 2.55. The van der Waals surface area contributed by atoms with Crippen LogP contribution in [0.25, 0.3) is 0 Å². The summed E-state index contributed by atoms with van der Waals surface area (Å²) in [5, 5.41) is 2.76. The van der Waals surface area contributed by atoms with Gasteiger partial charge in [0.15, 0.2) is 11.6 Å². The number of anilines is 1. The molecule has 2 aliphatic rings. The van der Waals surface area contributed by atoms with E-state index >= 15 is 0 Å². The third-order valence-corrected chi connectivity index (χ3v) is 7.98. The number of nitrogens with zero attached hydrogens (tertiary/aromatic N) is 1. The zero-order valence-corrected chi connectivity index (χ0v) is 21.3. The lowest BCUT2D eigenvalue weighted by Crippen LogP contribution is -2.49. The molecule has 5 nitrogen and oxygen atoms in total. The van der Waals surface area contributed by atoms with Crippen LogP contribution in [0.2, 0.25) is 0 Å². The van der Waals surface area contributed by atoms with Crippen LogP contribution in [0.5, 0.6) is 5.75 Å². The van der Waals surface area contributed by atoms with Crippen LogP contribution in [0.4, 0.5) is 14.5 Å². The Morgan fingerprint density at radius 2 is 1.65 bits per heavy atom. The zero-order chi connectivity index (χ0) is 25.9. The molecule has 2 aliphatic heterocycles. The number of thioether (sulfide) groups is 1. The fraction of sp³-hybridized carbons (Fsp3) is 0.310. The molecule has 2 heterocycles. The third-order valence-electron chi connectivity index (χ3n) is 6.89. The molecule has 2 unspecified atom stereocenters. The minimum Gasteiger partial charge on any atom is -0.487 e. The van der Waals surface area contributed by atoms with Crippen LogP contribution in [-0.4, -0.2) is 34.9 Å². The lowest BCUT2D eigenvalue weighted by atomic mass is 9.98. The highest BCUT2D eigenvalue weighted by atomic mass is 32.2. The van der Waals surface area contributed by atoms with Gasteiger partial charge in [-0.25, -0.2) is 8.78 Å². The second-order valence-corrected chi connectivity index (χ2v) is 10.6. The summed E-state index contributed by atoms with van der Waals surface area (Å²) >= 11 is 1.69. The molecule has 3 aromatic rings. The Morgan fingerprint density at radius 1 is 0.973 bits per heavy atom. The number of hydrogen-bond acceptors (Lipinski definition) is 4. The standard InChI is InChI=1S/C29H28F2N2O3S/c1-18(34)32-22-7-11-26(12-8-22)37-17-19-2-4-20(5-3-19)29(35)33-23-9-10-24(33)16-25(15-23)36-28-13-6-21(30)14-27(28)31/h2-8,11-14,23-25H,9-10,15-17H2,1H3,(H,32,34). The first-order valence-electron chi connectivity index (χ1n) is 12.4.